The fraction of sp³-hybridized carbons (Fsp3) is 0.435. The Morgan fingerprint density at radius 3 is 1.96 bits per heavy atom. The van der Waals surface area contributed by atoms with E-state index >= 15 is 0 Å². The molecule has 2 rings (SSSR count). The van der Waals surface area contributed by atoms with Crippen LogP contribution in [-0.2, 0) is 17.4 Å². The fourth-order valence-corrected chi connectivity index (χ4v) is 3.30. The van der Waals surface area contributed by atoms with E-state index in [9.17, 15) is 10.3 Å². The number of hydrogen-bond acceptors (Lipinski definition) is 3. The van der Waals surface area contributed by atoms with Crippen molar-refractivity contribution in [2.24, 2.45) is 0 Å². The SMILES string of the molecule is CNC(=S)N(O)Cc1ccccc1-c1cc(C(C)(C)C)c(O)c(C(C)(C)C)c1. The second-order valence-corrected chi connectivity index (χ2v) is 9.58. The Hall–Kier alpha value is -2.11. The lowest BCUT2D eigenvalue weighted by Gasteiger charge is -2.29. The van der Waals surface area contributed by atoms with Crippen LogP contribution in [0.5, 0.6) is 5.75 Å². The predicted octanol–water partition coefficient (Wildman–Crippen LogP) is 5.35. The molecule has 0 aliphatic rings. The molecule has 5 heteroatoms. The van der Waals surface area contributed by atoms with E-state index in [1.165, 1.54) is 0 Å². The Morgan fingerprint density at radius 1 is 1.00 bits per heavy atom. The van der Waals surface area contributed by atoms with E-state index in [2.05, 4.69) is 59.0 Å². The summed E-state index contributed by atoms with van der Waals surface area (Å²) in [5.74, 6) is 0.362. The molecule has 0 aromatic heterocycles. The van der Waals surface area contributed by atoms with Gasteiger partial charge in [0.1, 0.15) is 5.75 Å². The molecule has 0 aliphatic carbocycles. The molecule has 0 amide bonds. The minimum atomic E-state index is -0.203. The first-order valence-corrected chi connectivity index (χ1v) is 9.91. The normalized spacial score (nSPS) is 12.0. The number of phenols is 1. The van der Waals surface area contributed by atoms with Crippen molar-refractivity contribution in [1.82, 2.24) is 10.4 Å². The van der Waals surface area contributed by atoms with Gasteiger partial charge in [-0.25, -0.2) is 5.06 Å². The molecule has 0 bridgehead atoms. The number of nitrogens with zero attached hydrogens (tertiary/aromatic N) is 1. The highest BCUT2D eigenvalue weighted by molar-refractivity contribution is 7.80. The van der Waals surface area contributed by atoms with E-state index in [-0.39, 0.29) is 22.5 Å². The van der Waals surface area contributed by atoms with Gasteiger partial charge in [0.05, 0.1) is 6.54 Å². The number of aromatic hydroxyl groups is 1. The van der Waals surface area contributed by atoms with Crippen molar-refractivity contribution in [1.29, 1.82) is 0 Å². The Kier molecular flexibility index (Phi) is 6.41. The molecular weight excluding hydrogens is 368 g/mol. The van der Waals surface area contributed by atoms with Crippen LogP contribution in [0.25, 0.3) is 11.1 Å². The minimum absolute atomic E-state index is 0.203. The zero-order valence-corrected chi connectivity index (χ0v) is 18.7. The van der Waals surface area contributed by atoms with Crippen LogP contribution in [0.4, 0.5) is 0 Å². The summed E-state index contributed by atoms with van der Waals surface area (Å²) in [7, 11) is 1.68. The molecule has 4 nitrogen and oxygen atoms in total. The van der Waals surface area contributed by atoms with Crippen molar-refractivity contribution in [3.05, 3.63) is 53.1 Å². The highest BCUT2D eigenvalue weighted by Crippen LogP contribution is 2.42. The maximum atomic E-state index is 11.0. The highest BCUT2D eigenvalue weighted by Gasteiger charge is 2.27. The maximum Gasteiger partial charge on any atom is 0.193 e. The fourth-order valence-electron chi connectivity index (χ4n) is 3.24. The average Bonchev–Trinajstić information content (AvgIpc) is 2.59. The van der Waals surface area contributed by atoms with Crippen LogP contribution in [0, 0.1) is 0 Å². The van der Waals surface area contributed by atoms with Crippen LogP contribution < -0.4 is 5.32 Å². The molecule has 2 aromatic rings. The molecule has 0 saturated carbocycles. The zero-order chi connectivity index (χ0) is 21.3. The third-order valence-electron chi connectivity index (χ3n) is 4.82. The van der Waals surface area contributed by atoms with Crippen LogP contribution in [0.1, 0.15) is 58.2 Å². The van der Waals surface area contributed by atoms with Crippen LogP contribution in [-0.4, -0.2) is 27.5 Å². The van der Waals surface area contributed by atoms with E-state index in [1.807, 2.05) is 24.3 Å². The summed E-state index contributed by atoms with van der Waals surface area (Å²) >= 11 is 5.13. The second-order valence-electron chi connectivity index (χ2n) is 9.19. The van der Waals surface area contributed by atoms with Gasteiger partial charge in [0, 0.05) is 18.2 Å². The number of rotatable bonds is 3. The summed E-state index contributed by atoms with van der Waals surface area (Å²) in [6.07, 6.45) is 0. The Morgan fingerprint density at radius 2 is 1.50 bits per heavy atom. The number of phenolic OH excluding ortho intramolecular Hbond substituents is 1. The van der Waals surface area contributed by atoms with Gasteiger partial charge < -0.3 is 10.4 Å². The molecule has 0 unspecified atom stereocenters. The molecule has 0 saturated heterocycles. The monoisotopic (exact) mass is 400 g/mol. The average molecular weight is 401 g/mol. The Bertz CT molecular complexity index is 829. The van der Waals surface area contributed by atoms with E-state index in [0.717, 1.165) is 32.9 Å². The molecule has 0 atom stereocenters. The minimum Gasteiger partial charge on any atom is -0.507 e. The molecule has 28 heavy (non-hydrogen) atoms. The summed E-state index contributed by atoms with van der Waals surface area (Å²) < 4.78 is 0. The van der Waals surface area contributed by atoms with E-state index in [1.54, 1.807) is 7.05 Å². The van der Waals surface area contributed by atoms with Crippen molar-refractivity contribution >= 4 is 17.3 Å². The van der Waals surface area contributed by atoms with Crippen LogP contribution in [0.15, 0.2) is 36.4 Å². The first kappa shape index (κ1) is 22.2. The van der Waals surface area contributed by atoms with E-state index < -0.39 is 0 Å². The van der Waals surface area contributed by atoms with Crippen LogP contribution >= 0.6 is 12.2 Å². The largest absolute Gasteiger partial charge is 0.507 e. The van der Waals surface area contributed by atoms with E-state index in [4.69, 9.17) is 12.2 Å². The van der Waals surface area contributed by atoms with Crippen LogP contribution in [0.3, 0.4) is 0 Å². The van der Waals surface area contributed by atoms with E-state index in [0.29, 0.717) is 5.75 Å². The lowest BCUT2D eigenvalue weighted by Crippen LogP contribution is -2.34. The Labute approximate surface area is 174 Å². The van der Waals surface area contributed by atoms with Gasteiger partial charge in [-0.15, -0.1) is 0 Å². The summed E-state index contributed by atoms with van der Waals surface area (Å²) in [6.45, 7) is 12.9. The molecular formula is C23H32N2O2S. The van der Waals surface area contributed by atoms with Gasteiger partial charge >= 0.3 is 0 Å². The lowest BCUT2D eigenvalue weighted by atomic mass is 9.77. The molecule has 0 heterocycles. The van der Waals surface area contributed by atoms with Gasteiger partial charge in [-0.1, -0.05) is 65.8 Å². The number of thiocarbonyl (C=S) groups is 1. The molecule has 0 spiro atoms. The second kappa shape index (κ2) is 8.10. The lowest BCUT2D eigenvalue weighted by molar-refractivity contribution is -0.0230. The molecule has 152 valence electrons. The maximum absolute atomic E-state index is 11.0. The van der Waals surface area contributed by atoms with Gasteiger partial charge in [-0.2, -0.15) is 0 Å². The van der Waals surface area contributed by atoms with Gasteiger partial charge in [0.2, 0.25) is 0 Å². The summed E-state index contributed by atoms with van der Waals surface area (Å²) in [5.41, 5.74) is 4.40. The van der Waals surface area contributed by atoms with Crippen molar-refractivity contribution in [3.8, 4) is 16.9 Å². The number of benzene rings is 2. The summed E-state index contributed by atoms with van der Waals surface area (Å²) in [4.78, 5) is 0. The summed E-state index contributed by atoms with van der Waals surface area (Å²) in [6, 6.07) is 12.1. The van der Waals surface area contributed by atoms with Crippen molar-refractivity contribution in [2.45, 2.75) is 58.9 Å². The van der Waals surface area contributed by atoms with Gasteiger partial charge in [0.15, 0.2) is 5.11 Å². The topological polar surface area (TPSA) is 55.7 Å². The van der Waals surface area contributed by atoms with Crippen molar-refractivity contribution in [2.75, 3.05) is 7.05 Å². The summed E-state index contributed by atoms with van der Waals surface area (Å²) in [5, 5.41) is 25.3. The van der Waals surface area contributed by atoms with Crippen molar-refractivity contribution < 1.29 is 10.3 Å². The standard InChI is InChI=1S/C23H32N2O2S/c1-22(2,3)18-12-16(13-19(20(18)26)23(4,5)6)17-11-9-8-10-15(17)14-25(27)21(28)24-7/h8-13,26-27H,14H2,1-7H3,(H,24,28). The molecule has 2 aromatic carbocycles. The first-order chi connectivity index (χ1) is 12.9. The van der Waals surface area contributed by atoms with Gasteiger partial charge in [-0.05, 0) is 51.9 Å². The third kappa shape index (κ3) is 4.83. The number of hydrogen-bond donors (Lipinski definition) is 3. The molecule has 3 N–H and O–H groups in total. The molecule has 0 fully saturated rings. The number of hydroxylamine groups is 2. The predicted molar refractivity (Wildman–Crippen MR) is 120 cm³/mol. The first-order valence-electron chi connectivity index (χ1n) is 9.50. The Balaban J connectivity index is 2.67. The third-order valence-corrected chi connectivity index (χ3v) is 5.24. The molecule has 0 radical (unpaired) electrons. The number of nitrogens with one attached hydrogen (secondary N) is 1. The van der Waals surface area contributed by atoms with Gasteiger partial charge in [0.25, 0.3) is 0 Å². The van der Waals surface area contributed by atoms with Crippen LogP contribution in [0.2, 0.25) is 0 Å². The quantitative estimate of drug-likeness (QED) is 0.479. The smallest absolute Gasteiger partial charge is 0.193 e. The van der Waals surface area contributed by atoms with Crippen molar-refractivity contribution in [3.63, 3.8) is 0 Å². The van der Waals surface area contributed by atoms with Gasteiger partial charge in [-0.3, -0.25) is 5.21 Å². The molecule has 0 aliphatic heterocycles. The zero-order valence-electron chi connectivity index (χ0n) is 17.9. The highest BCUT2D eigenvalue weighted by atomic mass is 32.1.